The van der Waals surface area contributed by atoms with E-state index in [0.29, 0.717) is 6.54 Å². The number of aromatic nitrogens is 1. The summed E-state index contributed by atoms with van der Waals surface area (Å²) < 4.78 is 5.07. The SMILES string of the molecule is O=C(O)CCN(Cc1cccnc1)C(=O)c1ccco1. The summed E-state index contributed by atoms with van der Waals surface area (Å²) in [6, 6.07) is 6.77. The molecule has 0 bridgehead atoms. The van der Waals surface area contributed by atoms with Crippen molar-refractivity contribution in [2.75, 3.05) is 6.54 Å². The van der Waals surface area contributed by atoms with Gasteiger partial charge in [-0.2, -0.15) is 0 Å². The molecule has 0 spiro atoms. The lowest BCUT2D eigenvalue weighted by Crippen LogP contribution is -2.32. The van der Waals surface area contributed by atoms with Gasteiger partial charge in [-0.1, -0.05) is 6.07 Å². The number of aliphatic carboxylic acids is 1. The molecule has 0 radical (unpaired) electrons. The lowest BCUT2D eigenvalue weighted by atomic mass is 10.2. The van der Waals surface area contributed by atoms with E-state index in [1.807, 2.05) is 6.07 Å². The third kappa shape index (κ3) is 3.68. The number of carboxylic acid groups (broad SMARTS) is 1. The number of carboxylic acids is 1. The van der Waals surface area contributed by atoms with Gasteiger partial charge in [-0.25, -0.2) is 0 Å². The molecular formula is C14H14N2O4. The van der Waals surface area contributed by atoms with E-state index in [-0.39, 0.29) is 24.6 Å². The number of furan rings is 1. The third-order valence-electron chi connectivity index (χ3n) is 2.71. The second-order valence-corrected chi connectivity index (χ2v) is 4.21. The highest BCUT2D eigenvalue weighted by atomic mass is 16.4. The van der Waals surface area contributed by atoms with Crippen LogP contribution in [0.15, 0.2) is 47.3 Å². The van der Waals surface area contributed by atoms with Gasteiger partial charge in [-0.15, -0.1) is 0 Å². The van der Waals surface area contributed by atoms with Crippen molar-refractivity contribution in [3.8, 4) is 0 Å². The Morgan fingerprint density at radius 2 is 2.15 bits per heavy atom. The minimum Gasteiger partial charge on any atom is -0.481 e. The molecule has 2 heterocycles. The number of rotatable bonds is 6. The topological polar surface area (TPSA) is 83.6 Å². The Morgan fingerprint density at radius 1 is 1.30 bits per heavy atom. The molecule has 1 N–H and O–H groups in total. The molecule has 2 rings (SSSR count). The van der Waals surface area contributed by atoms with E-state index >= 15 is 0 Å². The second kappa shape index (κ2) is 6.51. The van der Waals surface area contributed by atoms with Crippen molar-refractivity contribution in [3.05, 3.63) is 54.2 Å². The Kier molecular flexibility index (Phi) is 4.49. The average Bonchev–Trinajstić information content (AvgIpc) is 2.97. The predicted octanol–water partition coefficient (Wildman–Crippen LogP) is 1.79. The summed E-state index contributed by atoms with van der Waals surface area (Å²) >= 11 is 0. The number of amides is 1. The van der Waals surface area contributed by atoms with Crippen LogP contribution in [-0.4, -0.2) is 33.4 Å². The molecular weight excluding hydrogens is 260 g/mol. The monoisotopic (exact) mass is 274 g/mol. The van der Waals surface area contributed by atoms with Crippen molar-refractivity contribution in [2.45, 2.75) is 13.0 Å². The van der Waals surface area contributed by atoms with Crippen molar-refractivity contribution >= 4 is 11.9 Å². The lowest BCUT2D eigenvalue weighted by Gasteiger charge is -2.20. The van der Waals surface area contributed by atoms with Crippen LogP contribution in [0.3, 0.4) is 0 Å². The highest BCUT2D eigenvalue weighted by Crippen LogP contribution is 2.10. The fraction of sp³-hybridized carbons (Fsp3) is 0.214. The number of hydrogen-bond acceptors (Lipinski definition) is 4. The summed E-state index contributed by atoms with van der Waals surface area (Å²) in [7, 11) is 0. The van der Waals surface area contributed by atoms with E-state index in [2.05, 4.69) is 4.98 Å². The van der Waals surface area contributed by atoms with Gasteiger partial charge in [0.15, 0.2) is 5.76 Å². The highest BCUT2D eigenvalue weighted by Gasteiger charge is 2.19. The maximum Gasteiger partial charge on any atom is 0.305 e. The summed E-state index contributed by atoms with van der Waals surface area (Å²) in [6.45, 7) is 0.407. The molecule has 2 aromatic rings. The van der Waals surface area contributed by atoms with E-state index in [0.717, 1.165) is 5.56 Å². The minimum absolute atomic E-state index is 0.115. The van der Waals surface area contributed by atoms with Gasteiger partial charge in [0, 0.05) is 25.5 Å². The zero-order valence-corrected chi connectivity index (χ0v) is 10.7. The summed E-state index contributed by atoms with van der Waals surface area (Å²) in [5.41, 5.74) is 0.831. The Labute approximate surface area is 115 Å². The van der Waals surface area contributed by atoms with Crippen LogP contribution in [0.4, 0.5) is 0 Å². The van der Waals surface area contributed by atoms with Crippen molar-refractivity contribution in [3.63, 3.8) is 0 Å². The Morgan fingerprint density at radius 3 is 2.75 bits per heavy atom. The van der Waals surface area contributed by atoms with E-state index in [9.17, 15) is 9.59 Å². The molecule has 0 atom stereocenters. The lowest BCUT2D eigenvalue weighted by molar-refractivity contribution is -0.137. The summed E-state index contributed by atoms with van der Waals surface area (Å²) in [4.78, 5) is 28.3. The van der Waals surface area contributed by atoms with E-state index in [4.69, 9.17) is 9.52 Å². The number of carbonyl (C=O) groups excluding carboxylic acids is 1. The zero-order chi connectivity index (χ0) is 14.4. The molecule has 20 heavy (non-hydrogen) atoms. The van der Waals surface area contributed by atoms with Crippen molar-refractivity contribution in [2.24, 2.45) is 0 Å². The fourth-order valence-electron chi connectivity index (χ4n) is 1.75. The van der Waals surface area contributed by atoms with Crippen molar-refractivity contribution in [1.29, 1.82) is 0 Å². The fourth-order valence-corrected chi connectivity index (χ4v) is 1.75. The Balaban J connectivity index is 2.12. The predicted molar refractivity (Wildman–Crippen MR) is 69.9 cm³/mol. The summed E-state index contributed by atoms with van der Waals surface area (Å²) in [6.07, 6.45) is 4.57. The first-order valence-electron chi connectivity index (χ1n) is 6.10. The minimum atomic E-state index is -0.951. The Bertz CT molecular complexity index is 566. The highest BCUT2D eigenvalue weighted by molar-refractivity contribution is 5.91. The first kappa shape index (κ1) is 13.8. The van der Waals surface area contributed by atoms with Gasteiger partial charge in [0.2, 0.25) is 0 Å². The Hall–Kier alpha value is -2.63. The maximum absolute atomic E-state index is 12.2. The van der Waals surface area contributed by atoms with Crippen LogP contribution in [-0.2, 0) is 11.3 Å². The van der Waals surface area contributed by atoms with E-state index in [1.54, 1.807) is 30.6 Å². The quantitative estimate of drug-likeness (QED) is 0.868. The van der Waals surface area contributed by atoms with Crippen LogP contribution < -0.4 is 0 Å². The van der Waals surface area contributed by atoms with Gasteiger partial charge in [-0.05, 0) is 23.8 Å². The van der Waals surface area contributed by atoms with Crippen LogP contribution in [0, 0.1) is 0 Å². The van der Waals surface area contributed by atoms with Gasteiger partial charge >= 0.3 is 5.97 Å². The average molecular weight is 274 g/mol. The zero-order valence-electron chi connectivity index (χ0n) is 10.7. The summed E-state index contributed by atoms with van der Waals surface area (Å²) in [5, 5.41) is 8.77. The molecule has 0 aliphatic heterocycles. The molecule has 1 amide bonds. The van der Waals surface area contributed by atoms with Gasteiger partial charge < -0.3 is 14.4 Å². The molecule has 0 aliphatic rings. The molecule has 0 aromatic carbocycles. The van der Waals surface area contributed by atoms with Crippen LogP contribution >= 0.6 is 0 Å². The molecule has 6 nitrogen and oxygen atoms in total. The normalized spacial score (nSPS) is 10.2. The van der Waals surface area contributed by atoms with Crippen molar-refractivity contribution in [1.82, 2.24) is 9.88 Å². The van der Waals surface area contributed by atoms with Gasteiger partial charge in [0.1, 0.15) is 0 Å². The molecule has 0 unspecified atom stereocenters. The first-order valence-corrected chi connectivity index (χ1v) is 6.10. The molecule has 104 valence electrons. The van der Waals surface area contributed by atoms with Gasteiger partial charge in [0.25, 0.3) is 5.91 Å². The van der Waals surface area contributed by atoms with Crippen LogP contribution in [0.2, 0.25) is 0 Å². The number of nitrogens with zero attached hydrogens (tertiary/aromatic N) is 2. The van der Waals surface area contributed by atoms with Crippen molar-refractivity contribution < 1.29 is 19.1 Å². The molecule has 0 saturated carbocycles. The molecule has 6 heteroatoms. The molecule has 0 fully saturated rings. The maximum atomic E-state index is 12.2. The van der Waals surface area contributed by atoms with Crippen LogP contribution in [0.5, 0.6) is 0 Å². The second-order valence-electron chi connectivity index (χ2n) is 4.21. The number of pyridine rings is 1. The standard InChI is InChI=1S/C14H14N2O4/c17-13(18)5-7-16(10-11-3-1-6-15-9-11)14(19)12-4-2-8-20-12/h1-4,6,8-9H,5,7,10H2,(H,17,18). The van der Waals surface area contributed by atoms with E-state index < -0.39 is 5.97 Å². The van der Waals surface area contributed by atoms with Crippen LogP contribution in [0.25, 0.3) is 0 Å². The van der Waals surface area contributed by atoms with E-state index in [1.165, 1.54) is 11.2 Å². The first-order chi connectivity index (χ1) is 9.66. The molecule has 0 aliphatic carbocycles. The number of hydrogen-bond donors (Lipinski definition) is 1. The van der Waals surface area contributed by atoms with Gasteiger partial charge in [-0.3, -0.25) is 14.6 Å². The molecule has 0 saturated heterocycles. The number of carbonyl (C=O) groups is 2. The third-order valence-corrected chi connectivity index (χ3v) is 2.71. The van der Waals surface area contributed by atoms with Gasteiger partial charge in [0.05, 0.1) is 12.7 Å². The molecule has 2 aromatic heterocycles. The largest absolute Gasteiger partial charge is 0.481 e. The summed E-state index contributed by atoms with van der Waals surface area (Å²) in [5.74, 6) is -1.09. The van der Waals surface area contributed by atoms with Crippen LogP contribution in [0.1, 0.15) is 22.5 Å². The smallest absolute Gasteiger partial charge is 0.305 e.